The van der Waals surface area contributed by atoms with E-state index in [0.717, 1.165) is 64.1 Å². The Morgan fingerprint density at radius 3 is 2.90 bits per heavy atom. The smallest absolute Gasteiger partial charge is 0.257 e. The molecule has 29 heavy (non-hydrogen) atoms. The van der Waals surface area contributed by atoms with Crippen molar-refractivity contribution in [1.82, 2.24) is 19.7 Å². The molecule has 4 aromatic rings. The highest BCUT2D eigenvalue weighted by Crippen LogP contribution is 2.31. The molecule has 1 aliphatic heterocycles. The molecule has 5 rings (SSSR count). The van der Waals surface area contributed by atoms with Gasteiger partial charge in [0.05, 0.1) is 34.7 Å². The third-order valence-electron chi connectivity index (χ3n) is 5.04. The first kappa shape index (κ1) is 18.0. The summed E-state index contributed by atoms with van der Waals surface area (Å²) in [6.45, 7) is 5.08. The predicted octanol–water partition coefficient (Wildman–Crippen LogP) is 2.98. The monoisotopic (exact) mass is 408 g/mol. The van der Waals surface area contributed by atoms with Gasteiger partial charge in [0, 0.05) is 37.4 Å². The van der Waals surface area contributed by atoms with Crippen LogP contribution in [0.4, 0.5) is 10.8 Å². The molecule has 9 heteroatoms. The molecule has 0 atom stereocenters. The Kier molecular flexibility index (Phi) is 4.40. The van der Waals surface area contributed by atoms with E-state index in [1.807, 2.05) is 38.2 Å². The highest BCUT2D eigenvalue weighted by Gasteiger charge is 2.16. The highest BCUT2D eigenvalue weighted by atomic mass is 32.1. The lowest BCUT2D eigenvalue weighted by Crippen LogP contribution is -2.36. The minimum Gasteiger partial charge on any atom is -0.378 e. The van der Waals surface area contributed by atoms with Crippen LogP contribution in [0.2, 0.25) is 0 Å². The molecule has 1 N–H and O–H groups in total. The summed E-state index contributed by atoms with van der Waals surface area (Å²) < 4.78 is 8.17. The number of hydrogen-bond acceptors (Lipinski definition) is 7. The normalized spacial score (nSPS) is 14.6. The maximum Gasteiger partial charge on any atom is 0.257 e. The van der Waals surface area contributed by atoms with E-state index in [1.165, 1.54) is 0 Å². The number of thiazole rings is 1. The number of ether oxygens (including phenoxy) is 1. The van der Waals surface area contributed by atoms with Gasteiger partial charge in [-0.25, -0.2) is 9.97 Å². The lowest BCUT2D eigenvalue weighted by molar-refractivity contribution is 0.102. The summed E-state index contributed by atoms with van der Waals surface area (Å²) in [5.74, 6) is -0.195. The molecule has 1 amide bonds. The van der Waals surface area contributed by atoms with Gasteiger partial charge in [0.15, 0.2) is 10.8 Å². The maximum atomic E-state index is 12.8. The summed E-state index contributed by atoms with van der Waals surface area (Å²) in [4.78, 5) is 24.1. The average molecular weight is 408 g/mol. The molecule has 0 unspecified atom stereocenters. The van der Waals surface area contributed by atoms with Crippen molar-refractivity contribution in [1.29, 1.82) is 0 Å². The molecule has 8 nitrogen and oxygen atoms in total. The Labute approximate surface area is 171 Å². The Balaban J connectivity index is 1.39. The Bertz CT molecular complexity index is 1220. The lowest BCUT2D eigenvalue weighted by Gasteiger charge is -2.25. The number of rotatable bonds is 3. The Morgan fingerprint density at radius 2 is 2.07 bits per heavy atom. The van der Waals surface area contributed by atoms with Crippen molar-refractivity contribution in [3.63, 3.8) is 0 Å². The quantitative estimate of drug-likeness (QED) is 0.561. The molecule has 148 valence electrons. The van der Waals surface area contributed by atoms with Crippen LogP contribution in [-0.2, 0) is 11.8 Å². The summed E-state index contributed by atoms with van der Waals surface area (Å²) in [6.07, 6.45) is 1.58. The van der Waals surface area contributed by atoms with Gasteiger partial charge >= 0.3 is 0 Å². The summed E-state index contributed by atoms with van der Waals surface area (Å²) in [7, 11) is 1.84. The number of carbonyl (C=O) groups excluding carboxylic acids is 1. The number of hydrogen-bond donors (Lipinski definition) is 1. The number of anilines is 2. The molecular weight excluding hydrogens is 388 g/mol. The Hall–Kier alpha value is -3.04. The molecule has 0 aliphatic carbocycles. The summed E-state index contributed by atoms with van der Waals surface area (Å²) >= 11 is 1.63. The minimum absolute atomic E-state index is 0.195. The number of aryl methyl sites for hydroxylation is 2. The van der Waals surface area contributed by atoms with Crippen molar-refractivity contribution in [2.24, 2.45) is 7.05 Å². The number of amides is 1. The van der Waals surface area contributed by atoms with Crippen LogP contribution in [0.25, 0.3) is 21.3 Å². The van der Waals surface area contributed by atoms with Gasteiger partial charge < -0.3 is 15.0 Å². The number of fused-ring (bicyclic) bond motifs is 2. The first-order valence-electron chi connectivity index (χ1n) is 9.42. The molecule has 0 bridgehead atoms. The molecule has 0 saturated carbocycles. The maximum absolute atomic E-state index is 12.8. The number of pyridine rings is 1. The molecule has 1 aliphatic rings. The van der Waals surface area contributed by atoms with E-state index < -0.39 is 0 Å². The number of benzene rings is 1. The number of nitrogens with one attached hydrogen (secondary N) is 1. The van der Waals surface area contributed by atoms with Crippen molar-refractivity contribution < 1.29 is 9.53 Å². The largest absolute Gasteiger partial charge is 0.378 e. The Morgan fingerprint density at radius 1 is 1.24 bits per heavy atom. The van der Waals surface area contributed by atoms with Crippen LogP contribution < -0.4 is 10.2 Å². The fourth-order valence-corrected chi connectivity index (χ4v) is 4.57. The minimum atomic E-state index is -0.195. The predicted molar refractivity (Wildman–Crippen MR) is 114 cm³/mol. The van der Waals surface area contributed by atoms with Crippen molar-refractivity contribution >= 4 is 49.3 Å². The van der Waals surface area contributed by atoms with Gasteiger partial charge in [-0.15, -0.1) is 0 Å². The first-order valence-corrected chi connectivity index (χ1v) is 10.2. The van der Waals surface area contributed by atoms with Crippen molar-refractivity contribution in [3.05, 3.63) is 41.7 Å². The fraction of sp³-hybridized carbons (Fsp3) is 0.300. The van der Waals surface area contributed by atoms with Gasteiger partial charge in [-0.1, -0.05) is 11.3 Å². The molecule has 4 heterocycles. The van der Waals surface area contributed by atoms with E-state index in [4.69, 9.17) is 9.72 Å². The zero-order chi connectivity index (χ0) is 20.0. The third-order valence-corrected chi connectivity index (χ3v) is 6.12. The van der Waals surface area contributed by atoms with Gasteiger partial charge in [-0.05, 0) is 31.2 Å². The van der Waals surface area contributed by atoms with Crippen LogP contribution >= 0.6 is 11.3 Å². The molecule has 0 spiro atoms. The van der Waals surface area contributed by atoms with E-state index >= 15 is 0 Å². The summed E-state index contributed by atoms with van der Waals surface area (Å²) in [5.41, 5.74) is 3.80. The van der Waals surface area contributed by atoms with Crippen LogP contribution in [0.15, 0.2) is 30.5 Å². The first-order chi connectivity index (χ1) is 14.1. The van der Waals surface area contributed by atoms with E-state index in [1.54, 1.807) is 22.2 Å². The molecule has 3 aromatic heterocycles. The van der Waals surface area contributed by atoms with E-state index in [0.29, 0.717) is 5.56 Å². The summed E-state index contributed by atoms with van der Waals surface area (Å²) in [5, 5.41) is 9.20. The second-order valence-corrected chi connectivity index (χ2v) is 8.05. The van der Waals surface area contributed by atoms with Crippen molar-refractivity contribution in [3.8, 4) is 0 Å². The SMILES string of the molecule is Cc1nn(C)c2ncc(C(=O)Nc3ccc4nc(N5CCOCC5)sc4c3)cc12. The zero-order valence-corrected chi connectivity index (χ0v) is 17.0. The second-order valence-electron chi connectivity index (χ2n) is 7.04. The molecule has 0 radical (unpaired) electrons. The number of carbonyl (C=O) groups is 1. The molecule has 1 saturated heterocycles. The lowest BCUT2D eigenvalue weighted by atomic mass is 10.2. The molecule has 1 aromatic carbocycles. The topological polar surface area (TPSA) is 85.2 Å². The number of morpholine rings is 1. The number of aromatic nitrogens is 4. The van der Waals surface area contributed by atoms with Gasteiger partial charge in [0.25, 0.3) is 5.91 Å². The van der Waals surface area contributed by atoms with E-state index in [-0.39, 0.29) is 5.91 Å². The van der Waals surface area contributed by atoms with Crippen LogP contribution in [0.5, 0.6) is 0 Å². The average Bonchev–Trinajstić information content (AvgIpc) is 3.29. The summed E-state index contributed by atoms with van der Waals surface area (Å²) in [6, 6.07) is 7.63. The van der Waals surface area contributed by atoms with Crippen molar-refractivity contribution in [2.75, 3.05) is 36.5 Å². The van der Waals surface area contributed by atoms with Gasteiger partial charge in [0.2, 0.25) is 0 Å². The standard InChI is InChI=1S/C20H20N6O2S/c1-12-15-9-13(11-21-18(15)25(2)24-12)19(27)22-14-3-4-16-17(10-14)29-20(23-16)26-5-7-28-8-6-26/h3-4,9-11H,5-8H2,1-2H3,(H,22,27). The third kappa shape index (κ3) is 3.32. The number of nitrogens with zero attached hydrogens (tertiary/aromatic N) is 5. The van der Waals surface area contributed by atoms with Crippen LogP contribution in [0, 0.1) is 6.92 Å². The van der Waals surface area contributed by atoms with Crippen LogP contribution in [-0.4, -0.2) is 52.0 Å². The van der Waals surface area contributed by atoms with Gasteiger partial charge in [-0.2, -0.15) is 5.10 Å². The van der Waals surface area contributed by atoms with E-state index in [9.17, 15) is 4.79 Å². The fourth-order valence-electron chi connectivity index (χ4n) is 3.52. The van der Waals surface area contributed by atoms with Crippen molar-refractivity contribution in [2.45, 2.75) is 6.92 Å². The highest BCUT2D eigenvalue weighted by molar-refractivity contribution is 7.22. The molecular formula is C20H20N6O2S. The van der Waals surface area contributed by atoms with E-state index in [2.05, 4.69) is 20.3 Å². The molecule has 1 fully saturated rings. The van der Waals surface area contributed by atoms with Crippen LogP contribution in [0.1, 0.15) is 16.1 Å². The zero-order valence-electron chi connectivity index (χ0n) is 16.2. The van der Waals surface area contributed by atoms with Crippen LogP contribution in [0.3, 0.4) is 0 Å². The van der Waals surface area contributed by atoms with Gasteiger partial charge in [-0.3, -0.25) is 9.48 Å². The van der Waals surface area contributed by atoms with Gasteiger partial charge in [0.1, 0.15) is 0 Å². The second kappa shape index (κ2) is 7.09.